The van der Waals surface area contributed by atoms with E-state index in [1.54, 1.807) is 0 Å². The van der Waals surface area contributed by atoms with Gasteiger partial charge >= 0.3 is 0 Å². The van der Waals surface area contributed by atoms with Crippen molar-refractivity contribution in [1.82, 2.24) is 0 Å². The predicted octanol–water partition coefficient (Wildman–Crippen LogP) is 2.77. The van der Waals surface area contributed by atoms with Crippen LogP contribution in [0.25, 0.3) is 0 Å². The Balaban J connectivity index is 3.01. The average molecular weight is 246 g/mol. The number of hydrogen-bond acceptors (Lipinski definition) is 3. The van der Waals surface area contributed by atoms with Crippen LogP contribution in [0.3, 0.4) is 0 Å². The number of anilines is 1. The van der Waals surface area contributed by atoms with Crippen LogP contribution < -0.4 is 4.90 Å². The van der Waals surface area contributed by atoms with Crippen molar-refractivity contribution in [1.29, 1.82) is 5.26 Å². The van der Waals surface area contributed by atoms with Gasteiger partial charge in [-0.25, -0.2) is 0 Å². The number of nitrogens with zero attached hydrogens (tertiary/aromatic N) is 2. The molecule has 0 spiro atoms. The monoisotopic (exact) mass is 246 g/mol. The van der Waals surface area contributed by atoms with Gasteiger partial charge in [-0.1, -0.05) is 32.9 Å². The topological polar surface area (TPSA) is 47.3 Å². The van der Waals surface area contributed by atoms with Gasteiger partial charge in [0, 0.05) is 19.8 Å². The Morgan fingerprint density at radius 1 is 1.17 bits per heavy atom. The minimum absolute atomic E-state index is 0.305. The molecule has 0 saturated heterocycles. The maximum Gasteiger partial charge on any atom is 0.0976 e. The van der Waals surface area contributed by atoms with E-state index in [9.17, 15) is 10.4 Å². The SMILES string of the molecule is CN(C)c1ccc(C(C#N)C(O)C(C)(C)C)cc1. The van der Waals surface area contributed by atoms with Crippen molar-refractivity contribution < 1.29 is 5.11 Å². The summed E-state index contributed by atoms with van der Waals surface area (Å²) >= 11 is 0. The molecule has 0 aliphatic heterocycles. The van der Waals surface area contributed by atoms with Crippen LogP contribution in [0, 0.1) is 16.7 Å². The second-order valence-corrected chi connectivity index (χ2v) is 5.90. The maximum atomic E-state index is 10.2. The second-order valence-electron chi connectivity index (χ2n) is 5.90. The molecular weight excluding hydrogens is 224 g/mol. The van der Waals surface area contributed by atoms with Crippen molar-refractivity contribution in [3.05, 3.63) is 29.8 Å². The first-order valence-corrected chi connectivity index (χ1v) is 6.12. The molecular formula is C15H22N2O. The summed E-state index contributed by atoms with van der Waals surface area (Å²) in [6, 6.07) is 9.97. The number of benzene rings is 1. The summed E-state index contributed by atoms with van der Waals surface area (Å²) in [5.74, 6) is -0.485. The Labute approximate surface area is 110 Å². The number of aliphatic hydroxyl groups excluding tert-OH is 1. The summed E-state index contributed by atoms with van der Waals surface area (Å²) in [4.78, 5) is 2.01. The lowest BCUT2D eigenvalue weighted by atomic mass is 9.79. The third kappa shape index (κ3) is 3.24. The molecule has 1 rings (SSSR count). The van der Waals surface area contributed by atoms with Gasteiger partial charge in [-0.2, -0.15) is 5.26 Å². The van der Waals surface area contributed by atoms with Crippen LogP contribution in [0.1, 0.15) is 32.3 Å². The lowest BCUT2D eigenvalue weighted by molar-refractivity contribution is 0.0527. The highest BCUT2D eigenvalue weighted by atomic mass is 16.3. The predicted molar refractivity (Wildman–Crippen MR) is 74.6 cm³/mol. The minimum atomic E-state index is -0.673. The van der Waals surface area contributed by atoms with Crippen LogP contribution in [0.2, 0.25) is 0 Å². The van der Waals surface area contributed by atoms with E-state index in [4.69, 9.17) is 0 Å². The first-order valence-electron chi connectivity index (χ1n) is 6.12. The van der Waals surface area contributed by atoms with Gasteiger partial charge in [-0.05, 0) is 23.1 Å². The molecule has 1 aromatic carbocycles. The van der Waals surface area contributed by atoms with E-state index in [0.29, 0.717) is 0 Å². The van der Waals surface area contributed by atoms with E-state index in [0.717, 1.165) is 11.3 Å². The van der Waals surface area contributed by atoms with Crippen LogP contribution in [0.5, 0.6) is 0 Å². The molecule has 2 atom stereocenters. The first-order chi connectivity index (χ1) is 8.27. The van der Waals surface area contributed by atoms with Gasteiger partial charge in [0.2, 0.25) is 0 Å². The summed E-state index contributed by atoms with van der Waals surface area (Å²) in [5, 5.41) is 19.5. The Hall–Kier alpha value is -1.53. The molecule has 3 heteroatoms. The number of rotatable bonds is 3. The fourth-order valence-electron chi connectivity index (χ4n) is 1.81. The molecule has 18 heavy (non-hydrogen) atoms. The minimum Gasteiger partial charge on any atom is -0.391 e. The third-order valence-electron chi connectivity index (χ3n) is 3.11. The van der Waals surface area contributed by atoms with Crippen molar-refractivity contribution in [3.8, 4) is 6.07 Å². The molecule has 98 valence electrons. The lowest BCUT2D eigenvalue weighted by Crippen LogP contribution is -2.31. The smallest absolute Gasteiger partial charge is 0.0976 e. The average Bonchev–Trinajstić information content (AvgIpc) is 2.29. The van der Waals surface area contributed by atoms with Crippen LogP contribution in [0.15, 0.2) is 24.3 Å². The van der Waals surface area contributed by atoms with Crippen LogP contribution in [0.4, 0.5) is 5.69 Å². The molecule has 0 saturated carbocycles. The summed E-state index contributed by atoms with van der Waals surface area (Å²) in [6.07, 6.45) is -0.673. The molecule has 1 N–H and O–H groups in total. The van der Waals surface area contributed by atoms with E-state index < -0.39 is 12.0 Å². The normalized spacial score (nSPS) is 14.7. The Morgan fingerprint density at radius 3 is 2.00 bits per heavy atom. The third-order valence-corrected chi connectivity index (χ3v) is 3.11. The van der Waals surface area contributed by atoms with Crippen LogP contribution >= 0.6 is 0 Å². The molecule has 0 aromatic heterocycles. The molecule has 0 heterocycles. The fraction of sp³-hybridized carbons (Fsp3) is 0.533. The zero-order valence-corrected chi connectivity index (χ0v) is 11.8. The molecule has 0 bridgehead atoms. The Morgan fingerprint density at radius 2 is 1.67 bits per heavy atom. The molecule has 0 aliphatic rings. The van der Waals surface area contributed by atoms with Crippen LogP contribution in [-0.2, 0) is 0 Å². The molecule has 0 radical (unpaired) electrons. The van der Waals surface area contributed by atoms with E-state index in [-0.39, 0.29) is 5.41 Å². The highest BCUT2D eigenvalue weighted by Gasteiger charge is 2.31. The molecule has 3 nitrogen and oxygen atoms in total. The summed E-state index contributed by atoms with van der Waals surface area (Å²) in [7, 11) is 3.95. The second kappa shape index (κ2) is 5.41. The molecule has 0 amide bonds. The number of aliphatic hydroxyl groups is 1. The quantitative estimate of drug-likeness (QED) is 0.892. The lowest BCUT2D eigenvalue weighted by Gasteiger charge is -2.29. The summed E-state index contributed by atoms with van der Waals surface area (Å²) < 4.78 is 0. The van der Waals surface area contributed by atoms with Gasteiger partial charge in [0.1, 0.15) is 0 Å². The van der Waals surface area contributed by atoms with Crippen molar-refractivity contribution in [3.63, 3.8) is 0 Å². The number of nitriles is 1. The Bertz CT molecular complexity index is 423. The van der Waals surface area contributed by atoms with E-state index >= 15 is 0 Å². The first kappa shape index (κ1) is 14.5. The van der Waals surface area contributed by atoms with Gasteiger partial charge in [0.15, 0.2) is 0 Å². The standard InChI is InChI=1S/C15H22N2O/c1-15(2,3)14(18)13(10-16)11-6-8-12(9-7-11)17(4)5/h6-9,13-14,18H,1-5H3. The van der Waals surface area contributed by atoms with Crippen molar-refractivity contribution >= 4 is 5.69 Å². The van der Waals surface area contributed by atoms with E-state index in [2.05, 4.69) is 6.07 Å². The zero-order valence-electron chi connectivity index (χ0n) is 11.8. The van der Waals surface area contributed by atoms with Gasteiger partial charge in [-0.15, -0.1) is 0 Å². The number of hydrogen-bond donors (Lipinski definition) is 1. The summed E-state index contributed by atoms with van der Waals surface area (Å²) in [5.41, 5.74) is 1.65. The zero-order chi connectivity index (χ0) is 13.9. The highest BCUT2D eigenvalue weighted by molar-refractivity contribution is 5.47. The van der Waals surface area contributed by atoms with Crippen molar-refractivity contribution in [2.75, 3.05) is 19.0 Å². The van der Waals surface area contributed by atoms with Crippen LogP contribution in [-0.4, -0.2) is 25.3 Å². The van der Waals surface area contributed by atoms with E-state index in [1.807, 2.05) is 64.0 Å². The van der Waals surface area contributed by atoms with E-state index in [1.165, 1.54) is 0 Å². The molecule has 2 unspecified atom stereocenters. The molecule has 0 aliphatic carbocycles. The Kier molecular flexibility index (Phi) is 4.37. The summed E-state index contributed by atoms with van der Waals surface area (Å²) in [6.45, 7) is 5.82. The van der Waals surface area contributed by atoms with Crippen molar-refractivity contribution in [2.24, 2.45) is 5.41 Å². The van der Waals surface area contributed by atoms with Gasteiger partial charge in [-0.3, -0.25) is 0 Å². The molecule has 1 aromatic rings. The van der Waals surface area contributed by atoms with Gasteiger partial charge in [0.05, 0.1) is 18.1 Å². The highest BCUT2D eigenvalue weighted by Crippen LogP contribution is 2.32. The largest absolute Gasteiger partial charge is 0.391 e. The maximum absolute atomic E-state index is 10.2. The van der Waals surface area contributed by atoms with Gasteiger partial charge < -0.3 is 10.0 Å². The van der Waals surface area contributed by atoms with Gasteiger partial charge in [0.25, 0.3) is 0 Å². The fourth-order valence-corrected chi connectivity index (χ4v) is 1.81. The molecule has 0 fully saturated rings. The van der Waals surface area contributed by atoms with Crippen molar-refractivity contribution in [2.45, 2.75) is 32.8 Å².